The van der Waals surface area contributed by atoms with E-state index in [-0.39, 0.29) is 5.78 Å². The molecule has 3 aromatic rings. The van der Waals surface area contributed by atoms with Crippen LogP contribution in [0.5, 0.6) is 5.75 Å². The lowest BCUT2D eigenvalue weighted by Crippen LogP contribution is -2.47. The van der Waals surface area contributed by atoms with E-state index >= 15 is 0 Å². The maximum Gasteiger partial charge on any atom is 0.198 e. The van der Waals surface area contributed by atoms with E-state index in [2.05, 4.69) is 4.90 Å². The van der Waals surface area contributed by atoms with Crippen LogP contribution in [0.15, 0.2) is 52.9 Å². The highest BCUT2D eigenvalue weighted by Crippen LogP contribution is 2.36. The molecule has 6 rings (SSSR count). The van der Waals surface area contributed by atoms with Crippen LogP contribution in [0.3, 0.4) is 0 Å². The summed E-state index contributed by atoms with van der Waals surface area (Å²) in [5.41, 5.74) is 2.78. The lowest BCUT2D eigenvalue weighted by molar-refractivity contribution is 0.0433. The van der Waals surface area contributed by atoms with E-state index < -0.39 is 0 Å². The molecular weight excluding hydrogens is 350 g/mol. The van der Waals surface area contributed by atoms with Crippen molar-refractivity contribution in [1.82, 2.24) is 4.90 Å². The number of Topliss-reactive ketones (excluding diaryl/α,β-unsaturated/α-hetero) is 1. The summed E-state index contributed by atoms with van der Waals surface area (Å²) >= 11 is 0. The second-order valence-electron chi connectivity index (χ2n) is 8.09. The summed E-state index contributed by atoms with van der Waals surface area (Å²) in [6.07, 6.45) is 3.06. The van der Waals surface area contributed by atoms with Gasteiger partial charge in [0.25, 0.3) is 0 Å². The van der Waals surface area contributed by atoms with Gasteiger partial charge in [-0.15, -0.1) is 0 Å². The Kier molecular flexibility index (Phi) is 4.44. The van der Waals surface area contributed by atoms with Gasteiger partial charge in [-0.1, -0.05) is 30.3 Å². The zero-order valence-electron chi connectivity index (χ0n) is 16.2. The van der Waals surface area contributed by atoms with Gasteiger partial charge in [-0.2, -0.15) is 0 Å². The van der Waals surface area contributed by atoms with E-state index in [1.54, 1.807) is 7.11 Å². The first-order valence-electron chi connectivity index (χ1n) is 10.1. The van der Waals surface area contributed by atoms with Gasteiger partial charge in [0.15, 0.2) is 11.5 Å². The molecule has 2 aromatic carbocycles. The SMILES string of the molecule is COc1cccc(-c2cccc3cc(C(=O)C[C@@H]4CN5CCC4CC5)oc23)c1. The van der Waals surface area contributed by atoms with Crippen molar-refractivity contribution in [3.05, 3.63) is 54.3 Å². The van der Waals surface area contributed by atoms with Crippen molar-refractivity contribution in [2.45, 2.75) is 19.3 Å². The summed E-state index contributed by atoms with van der Waals surface area (Å²) in [7, 11) is 1.66. The number of methoxy groups -OCH3 is 1. The molecule has 4 heteroatoms. The van der Waals surface area contributed by atoms with Crippen LogP contribution in [0.2, 0.25) is 0 Å². The lowest BCUT2D eigenvalue weighted by atomic mass is 9.76. The molecule has 4 heterocycles. The molecule has 4 nitrogen and oxygen atoms in total. The van der Waals surface area contributed by atoms with Gasteiger partial charge >= 0.3 is 0 Å². The third kappa shape index (κ3) is 3.12. The van der Waals surface area contributed by atoms with Gasteiger partial charge < -0.3 is 14.1 Å². The van der Waals surface area contributed by atoms with Crippen molar-refractivity contribution >= 4 is 16.8 Å². The number of furan rings is 1. The fraction of sp³-hybridized carbons (Fsp3) is 0.375. The minimum Gasteiger partial charge on any atom is -0.497 e. The number of rotatable bonds is 5. The normalized spacial score (nSPS) is 23.8. The van der Waals surface area contributed by atoms with Crippen LogP contribution in [0.1, 0.15) is 29.8 Å². The van der Waals surface area contributed by atoms with Crippen LogP contribution < -0.4 is 4.74 Å². The molecule has 0 spiro atoms. The van der Waals surface area contributed by atoms with Crippen molar-refractivity contribution in [2.24, 2.45) is 11.8 Å². The highest BCUT2D eigenvalue weighted by molar-refractivity contribution is 6.01. The quantitative estimate of drug-likeness (QED) is 0.587. The first-order valence-corrected chi connectivity index (χ1v) is 10.1. The Balaban J connectivity index is 1.44. The molecule has 0 saturated carbocycles. The smallest absolute Gasteiger partial charge is 0.198 e. The Morgan fingerprint density at radius 2 is 1.96 bits per heavy atom. The summed E-state index contributed by atoms with van der Waals surface area (Å²) in [4.78, 5) is 15.5. The van der Waals surface area contributed by atoms with E-state index in [0.29, 0.717) is 24.0 Å². The van der Waals surface area contributed by atoms with Gasteiger partial charge in [0.1, 0.15) is 11.3 Å². The summed E-state index contributed by atoms with van der Waals surface area (Å²) in [5.74, 6) is 2.60. The Morgan fingerprint density at radius 1 is 1.14 bits per heavy atom. The summed E-state index contributed by atoms with van der Waals surface area (Å²) in [5, 5.41) is 0.970. The third-order valence-corrected chi connectivity index (χ3v) is 6.44. The molecule has 0 N–H and O–H groups in total. The molecule has 3 saturated heterocycles. The highest BCUT2D eigenvalue weighted by Gasteiger charge is 2.35. The number of hydrogen-bond acceptors (Lipinski definition) is 4. The van der Waals surface area contributed by atoms with E-state index in [4.69, 9.17) is 9.15 Å². The zero-order chi connectivity index (χ0) is 19.1. The van der Waals surface area contributed by atoms with Crippen LogP contribution >= 0.6 is 0 Å². The molecule has 1 atom stereocenters. The van der Waals surface area contributed by atoms with Crippen LogP contribution in [-0.4, -0.2) is 37.4 Å². The second-order valence-corrected chi connectivity index (χ2v) is 8.09. The predicted molar refractivity (Wildman–Crippen MR) is 110 cm³/mol. The van der Waals surface area contributed by atoms with Crippen molar-refractivity contribution < 1.29 is 13.9 Å². The standard InChI is InChI=1S/C24H25NO3/c1-27-20-6-2-4-17(12-20)21-7-3-5-18-14-23(28-24(18)21)22(26)13-19-15-25-10-8-16(19)9-11-25/h2-7,12,14,16,19H,8-11,13,15H2,1H3/t19-/m1/s1. The molecule has 144 valence electrons. The zero-order valence-corrected chi connectivity index (χ0v) is 16.2. The summed E-state index contributed by atoms with van der Waals surface area (Å²) in [6.45, 7) is 3.46. The lowest BCUT2D eigenvalue weighted by Gasteiger charge is -2.44. The average molecular weight is 375 g/mol. The first kappa shape index (κ1) is 17.5. The maximum absolute atomic E-state index is 13.0. The minimum atomic E-state index is 0.131. The number of carbonyl (C=O) groups excluding carboxylic acids is 1. The monoisotopic (exact) mass is 375 g/mol. The van der Waals surface area contributed by atoms with Gasteiger partial charge in [-0.3, -0.25) is 4.79 Å². The molecule has 28 heavy (non-hydrogen) atoms. The van der Waals surface area contributed by atoms with Crippen LogP contribution in [0.4, 0.5) is 0 Å². The number of ether oxygens (including phenoxy) is 1. The number of para-hydroxylation sites is 1. The molecular formula is C24H25NO3. The molecule has 3 aliphatic heterocycles. The van der Waals surface area contributed by atoms with Gasteiger partial charge in [0.2, 0.25) is 0 Å². The second kappa shape index (κ2) is 7.10. The minimum absolute atomic E-state index is 0.131. The molecule has 0 radical (unpaired) electrons. The molecule has 0 aliphatic carbocycles. The van der Waals surface area contributed by atoms with E-state index in [1.165, 1.54) is 25.9 Å². The van der Waals surface area contributed by atoms with Crippen molar-refractivity contribution in [3.63, 3.8) is 0 Å². The van der Waals surface area contributed by atoms with Crippen LogP contribution in [0, 0.1) is 11.8 Å². The van der Waals surface area contributed by atoms with Crippen LogP contribution in [0.25, 0.3) is 22.1 Å². The maximum atomic E-state index is 13.0. The predicted octanol–water partition coefficient (Wildman–Crippen LogP) is 5.02. The Morgan fingerprint density at radius 3 is 2.71 bits per heavy atom. The molecule has 2 bridgehead atoms. The number of nitrogens with zero attached hydrogens (tertiary/aromatic N) is 1. The van der Waals surface area contributed by atoms with Gasteiger partial charge in [-0.25, -0.2) is 0 Å². The Labute approximate surface area is 165 Å². The number of piperidine rings is 3. The largest absolute Gasteiger partial charge is 0.497 e. The van der Waals surface area contributed by atoms with Crippen molar-refractivity contribution in [3.8, 4) is 16.9 Å². The van der Waals surface area contributed by atoms with Crippen molar-refractivity contribution in [1.29, 1.82) is 0 Å². The molecule has 0 unspecified atom stereocenters. The number of hydrogen-bond donors (Lipinski definition) is 0. The topological polar surface area (TPSA) is 42.7 Å². The van der Waals surface area contributed by atoms with Gasteiger partial charge in [0.05, 0.1) is 7.11 Å². The number of ketones is 1. The Hall–Kier alpha value is -2.59. The third-order valence-electron chi connectivity index (χ3n) is 6.44. The van der Waals surface area contributed by atoms with Gasteiger partial charge in [0, 0.05) is 23.9 Å². The molecule has 1 aromatic heterocycles. The van der Waals surface area contributed by atoms with Crippen LogP contribution in [-0.2, 0) is 0 Å². The number of fused-ring (bicyclic) bond motifs is 4. The van der Waals surface area contributed by atoms with E-state index in [0.717, 1.165) is 34.4 Å². The highest BCUT2D eigenvalue weighted by atomic mass is 16.5. The molecule has 3 aliphatic rings. The fourth-order valence-corrected chi connectivity index (χ4v) is 4.88. The summed E-state index contributed by atoms with van der Waals surface area (Å²) in [6, 6.07) is 15.9. The number of benzene rings is 2. The fourth-order valence-electron chi connectivity index (χ4n) is 4.88. The van der Waals surface area contributed by atoms with E-state index in [9.17, 15) is 4.79 Å². The summed E-state index contributed by atoms with van der Waals surface area (Å²) < 4.78 is 11.5. The van der Waals surface area contributed by atoms with E-state index in [1.807, 2.05) is 48.5 Å². The van der Waals surface area contributed by atoms with Crippen molar-refractivity contribution in [2.75, 3.05) is 26.7 Å². The van der Waals surface area contributed by atoms with Gasteiger partial charge in [-0.05, 0) is 61.5 Å². The molecule has 3 fully saturated rings. The first-order chi connectivity index (χ1) is 13.7. The Bertz CT molecular complexity index is 1010. The molecule has 0 amide bonds. The number of carbonyl (C=O) groups is 1. The average Bonchev–Trinajstić information content (AvgIpc) is 3.19.